The Labute approximate surface area is 155 Å². The Morgan fingerprint density at radius 2 is 2.04 bits per heavy atom. The molecule has 0 unspecified atom stereocenters. The van der Waals surface area contributed by atoms with E-state index in [1.807, 2.05) is 6.92 Å². The van der Waals surface area contributed by atoms with Gasteiger partial charge in [-0.25, -0.2) is 4.79 Å². The number of hydrogen-bond donors (Lipinski definition) is 1. The Morgan fingerprint density at radius 3 is 2.67 bits per heavy atom. The summed E-state index contributed by atoms with van der Waals surface area (Å²) < 4.78 is 5.37. The molecule has 1 atom stereocenters. The zero-order chi connectivity index (χ0) is 17.7. The fraction of sp³-hybridized carbons (Fsp3) is 0.412. The number of carbonyl (C=O) groups is 2. The molecular formula is C17H19Cl2NO3S. The Morgan fingerprint density at radius 1 is 1.38 bits per heavy atom. The SMILES string of the molecule is CCSCCOC(=O)C1=C(C)NC(=O)C[C@@H]1c1c(Cl)cccc1Cl. The van der Waals surface area contributed by atoms with Crippen LogP contribution in [0.4, 0.5) is 0 Å². The molecule has 1 amide bonds. The van der Waals surface area contributed by atoms with Crippen molar-refractivity contribution < 1.29 is 14.3 Å². The van der Waals surface area contributed by atoms with Gasteiger partial charge in [-0.15, -0.1) is 0 Å². The van der Waals surface area contributed by atoms with Crippen molar-refractivity contribution in [2.75, 3.05) is 18.1 Å². The van der Waals surface area contributed by atoms with E-state index in [-0.39, 0.29) is 12.3 Å². The summed E-state index contributed by atoms with van der Waals surface area (Å²) in [5.74, 6) is 0.578. The minimum atomic E-state index is -0.508. The lowest BCUT2D eigenvalue weighted by Crippen LogP contribution is -2.34. The average molecular weight is 388 g/mol. The molecular weight excluding hydrogens is 369 g/mol. The van der Waals surface area contributed by atoms with Gasteiger partial charge in [-0.1, -0.05) is 36.2 Å². The molecule has 0 aromatic heterocycles. The Kier molecular flexibility index (Phi) is 7.02. The van der Waals surface area contributed by atoms with Crippen LogP contribution in [0, 0.1) is 0 Å². The number of ether oxygens (including phenoxy) is 1. The molecule has 24 heavy (non-hydrogen) atoms. The molecule has 7 heteroatoms. The van der Waals surface area contributed by atoms with E-state index >= 15 is 0 Å². The zero-order valence-electron chi connectivity index (χ0n) is 13.5. The van der Waals surface area contributed by atoms with Crippen LogP contribution < -0.4 is 5.32 Å². The molecule has 1 heterocycles. The summed E-state index contributed by atoms with van der Waals surface area (Å²) in [4.78, 5) is 24.5. The molecule has 2 rings (SSSR count). The average Bonchev–Trinajstić information content (AvgIpc) is 2.50. The third-order valence-corrected chi connectivity index (χ3v) is 5.22. The number of allylic oxidation sites excluding steroid dienone is 1. The number of carbonyl (C=O) groups excluding carboxylic acids is 2. The highest BCUT2D eigenvalue weighted by Crippen LogP contribution is 2.40. The molecule has 0 bridgehead atoms. The van der Waals surface area contributed by atoms with Gasteiger partial charge in [0.15, 0.2) is 0 Å². The summed E-state index contributed by atoms with van der Waals surface area (Å²) in [6.07, 6.45) is 0.106. The van der Waals surface area contributed by atoms with Gasteiger partial charge in [0.25, 0.3) is 0 Å². The highest BCUT2D eigenvalue weighted by Gasteiger charge is 2.35. The lowest BCUT2D eigenvalue weighted by atomic mass is 9.84. The van der Waals surface area contributed by atoms with Gasteiger partial charge in [-0.2, -0.15) is 11.8 Å². The normalized spacial score (nSPS) is 17.7. The van der Waals surface area contributed by atoms with Gasteiger partial charge < -0.3 is 10.1 Å². The van der Waals surface area contributed by atoms with Crippen molar-refractivity contribution in [3.63, 3.8) is 0 Å². The summed E-state index contributed by atoms with van der Waals surface area (Å²) in [5.41, 5.74) is 1.48. The predicted octanol–water partition coefficient (Wildman–Crippen LogP) is 4.17. The van der Waals surface area contributed by atoms with Crippen LogP contribution in [-0.4, -0.2) is 30.0 Å². The quantitative estimate of drug-likeness (QED) is 0.587. The van der Waals surface area contributed by atoms with E-state index in [2.05, 4.69) is 5.32 Å². The van der Waals surface area contributed by atoms with Crippen LogP contribution in [0.1, 0.15) is 31.7 Å². The monoisotopic (exact) mass is 387 g/mol. The molecule has 130 valence electrons. The number of rotatable bonds is 6. The first kappa shape index (κ1) is 19.2. The molecule has 0 aliphatic carbocycles. The highest BCUT2D eigenvalue weighted by molar-refractivity contribution is 7.99. The van der Waals surface area contributed by atoms with E-state index < -0.39 is 11.9 Å². The van der Waals surface area contributed by atoms with Crippen LogP contribution >= 0.6 is 35.0 Å². The van der Waals surface area contributed by atoms with Gasteiger partial charge in [-0.3, -0.25) is 4.79 Å². The van der Waals surface area contributed by atoms with Crippen LogP contribution in [0.15, 0.2) is 29.5 Å². The number of nitrogens with one attached hydrogen (secondary N) is 1. The first-order valence-corrected chi connectivity index (χ1v) is 9.56. The van der Waals surface area contributed by atoms with Crippen molar-refractivity contribution in [1.82, 2.24) is 5.32 Å². The van der Waals surface area contributed by atoms with Gasteiger partial charge in [0, 0.05) is 33.8 Å². The van der Waals surface area contributed by atoms with Gasteiger partial charge >= 0.3 is 5.97 Å². The maximum atomic E-state index is 12.6. The summed E-state index contributed by atoms with van der Waals surface area (Å²) in [6, 6.07) is 5.13. The number of halogens is 2. The van der Waals surface area contributed by atoms with E-state index in [1.165, 1.54) is 0 Å². The van der Waals surface area contributed by atoms with Crippen LogP contribution in [0.3, 0.4) is 0 Å². The molecule has 0 saturated heterocycles. The van der Waals surface area contributed by atoms with Crippen molar-refractivity contribution in [1.29, 1.82) is 0 Å². The third kappa shape index (κ3) is 4.47. The second-order valence-corrected chi connectivity index (χ2v) is 7.52. The standard InChI is InChI=1S/C17H19Cl2NO3S/c1-3-24-8-7-23-17(22)15-10(2)20-14(21)9-11(15)16-12(18)5-4-6-13(16)19/h4-6,11H,3,7-9H2,1-2H3,(H,20,21)/t11-/m0/s1. The van der Waals surface area contributed by atoms with E-state index in [0.717, 1.165) is 11.5 Å². The van der Waals surface area contributed by atoms with Gasteiger partial charge in [0.2, 0.25) is 5.91 Å². The lowest BCUT2D eigenvalue weighted by molar-refractivity contribution is -0.139. The van der Waals surface area contributed by atoms with Crippen molar-refractivity contribution in [2.24, 2.45) is 0 Å². The number of thioether (sulfide) groups is 1. The van der Waals surface area contributed by atoms with Gasteiger partial charge in [0.1, 0.15) is 6.61 Å². The third-order valence-electron chi connectivity index (χ3n) is 3.70. The van der Waals surface area contributed by atoms with E-state index in [4.69, 9.17) is 27.9 Å². The summed E-state index contributed by atoms with van der Waals surface area (Å²) >= 11 is 14.3. The van der Waals surface area contributed by atoms with Crippen molar-refractivity contribution in [3.8, 4) is 0 Å². The van der Waals surface area contributed by atoms with E-state index in [0.29, 0.717) is 33.5 Å². The minimum absolute atomic E-state index is 0.106. The largest absolute Gasteiger partial charge is 0.461 e. The molecule has 1 N–H and O–H groups in total. The number of amides is 1. The Balaban J connectivity index is 2.32. The Bertz CT molecular complexity index is 656. The topological polar surface area (TPSA) is 55.4 Å². The summed E-state index contributed by atoms with van der Waals surface area (Å²) in [7, 11) is 0. The van der Waals surface area contributed by atoms with E-state index in [9.17, 15) is 9.59 Å². The fourth-order valence-electron chi connectivity index (χ4n) is 2.68. The zero-order valence-corrected chi connectivity index (χ0v) is 15.9. The fourth-order valence-corrected chi connectivity index (χ4v) is 3.83. The van der Waals surface area contributed by atoms with Gasteiger partial charge in [0.05, 0.1) is 5.57 Å². The smallest absolute Gasteiger partial charge is 0.336 e. The summed E-state index contributed by atoms with van der Waals surface area (Å²) in [6.45, 7) is 4.06. The second-order valence-electron chi connectivity index (χ2n) is 5.31. The Hall–Kier alpha value is -1.17. The molecule has 4 nitrogen and oxygen atoms in total. The van der Waals surface area contributed by atoms with Crippen LogP contribution in [-0.2, 0) is 14.3 Å². The van der Waals surface area contributed by atoms with Crippen molar-refractivity contribution >= 4 is 46.8 Å². The van der Waals surface area contributed by atoms with Gasteiger partial charge in [-0.05, 0) is 30.4 Å². The lowest BCUT2D eigenvalue weighted by Gasteiger charge is -2.27. The first-order valence-electron chi connectivity index (χ1n) is 7.65. The van der Waals surface area contributed by atoms with Crippen molar-refractivity contribution in [3.05, 3.63) is 45.1 Å². The maximum Gasteiger partial charge on any atom is 0.336 e. The molecule has 0 saturated carbocycles. The summed E-state index contributed by atoms with van der Waals surface area (Å²) in [5, 5.41) is 3.56. The second kappa shape index (κ2) is 8.79. The first-order chi connectivity index (χ1) is 11.5. The highest BCUT2D eigenvalue weighted by atomic mass is 35.5. The molecule has 0 fully saturated rings. The molecule has 0 spiro atoms. The van der Waals surface area contributed by atoms with Crippen molar-refractivity contribution in [2.45, 2.75) is 26.2 Å². The molecule has 1 aliphatic heterocycles. The van der Waals surface area contributed by atoms with Crippen LogP contribution in [0.2, 0.25) is 10.0 Å². The number of esters is 1. The predicted molar refractivity (Wildman–Crippen MR) is 98.6 cm³/mol. The van der Waals surface area contributed by atoms with E-state index in [1.54, 1.807) is 36.9 Å². The molecule has 1 aliphatic rings. The maximum absolute atomic E-state index is 12.6. The van der Waals surface area contributed by atoms with Crippen LogP contribution in [0.5, 0.6) is 0 Å². The molecule has 1 aromatic rings. The van der Waals surface area contributed by atoms with Crippen LogP contribution in [0.25, 0.3) is 0 Å². The molecule has 1 aromatic carbocycles. The minimum Gasteiger partial charge on any atom is -0.461 e. The number of hydrogen-bond acceptors (Lipinski definition) is 4. The molecule has 0 radical (unpaired) electrons. The number of benzene rings is 1.